The highest BCUT2D eigenvalue weighted by Crippen LogP contribution is 2.27. The van der Waals surface area contributed by atoms with Crippen molar-refractivity contribution in [3.05, 3.63) is 33.8 Å². The Bertz CT molecular complexity index is 720. The number of carbonyl (C=O) groups is 1. The minimum atomic E-state index is 0.0308. The molecular weight excluding hydrogens is 322 g/mol. The first-order valence-electron chi connectivity index (χ1n) is 8.42. The molecule has 0 bridgehead atoms. The van der Waals surface area contributed by atoms with Crippen LogP contribution in [0.15, 0.2) is 11.6 Å². The van der Waals surface area contributed by atoms with Gasteiger partial charge in [-0.1, -0.05) is 0 Å². The van der Waals surface area contributed by atoms with Crippen molar-refractivity contribution in [1.29, 1.82) is 0 Å². The maximum atomic E-state index is 11.9. The predicted octanol–water partition coefficient (Wildman–Crippen LogP) is 2.29. The van der Waals surface area contributed by atoms with Gasteiger partial charge in [-0.15, -0.1) is 11.3 Å². The molecule has 0 unspecified atom stereocenters. The van der Waals surface area contributed by atoms with Crippen molar-refractivity contribution < 1.29 is 4.79 Å². The number of aromatic nitrogens is 3. The third kappa shape index (κ3) is 3.84. The molecule has 0 aliphatic carbocycles. The SMILES string of the molecule is Cc1csc(CN2CCn3cc(CC(=O)NC(C)C)nc3[C@@H]2C)n1. The molecule has 0 spiro atoms. The molecule has 3 heterocycles. The Kier molecular flexibility index (Phi) is 5.01. The minimum Gasteiger partial charge on any atom is -0.354 e. The highest BCUT2D eigenvalue weighted by atomic mass is 32.1. The fraction of sp³-hybridized carbons (Fsp3) is 0.588. The molecule has 0 saturated carbocycles. The molecule has 130 valence electrons. The molecule has 1 atom stereocenters. The highest BCUT2D eigenvalue weighted by molar-refractivity contribution is 7.09. The molecular formula is C17H25N5OS. The smallest absolute Gasteiger partial charge is 0.226 e. The van der Waals surface area contributed by atoms with Gasteiger partial charge in [-0.05, 0) is 27.7 Å². The van der Waals surface area contributed by atoms with Crippen molar-refractivity contribution in [2.75, 3.05) is 6.54 Å². The number of imidazole rings is 1. The van der Waals surface area contributed by atoms with Gasteiger partial charge in [-0.25, -0.2) is 9.97 Å². The van der Waals surface area contributed by atoms with Crippen molar-refractivity contribution in [3.63, 3.8) is 0 Å². The van der Waals surface area contributed by atoms with Gasteiger partial charge in [0.25, 0.3) is 0 Å². The summed E-state index contributed by atoms with van der Waals surface area (Å²) in [6.45, 7) is 10.9. The molecule has 0 aromatic carbocycles. The lowest BCUT2D eigenvalue weighted by Gasteiger charge is -2.33. The summed E-state index contributed by atoms with van der Waals surface area (Å²) < 4.78 is 2.19. The molecule has 2 aromatic heterocycles. The van der Waals surface area contributed by atoms with E-state index in [1.165, 1.54) is 0 Å². The molecule has 1 aliphatic heterocycles. The molecule has 0 radical (unpaired) electrons. The number of fused-ring (bicyclic) bond motifs is 1. The van der Waals surface area contributed by atoms with Gasteiger partial charge in [0.1, 0.15) is 10.8 Å². The lowest BCUT2D eigenvalue weighted by Crippen LogP contribution is -2.36. The van der Waals surface area contributed by atoms with Crippen molar-refractivity contribution in [1.82, 2.24) is 24.8 Å². The number of thiazole rings is 1. The summed E-state index contributed by atoms with van der Waals surface area (Å²) in [4.78, 5) is 23.6. The van der Waals surface area contributed by atoms with Crippen LogP contribution in [0, 0.1) is 6.92 Å². The summed E-state index contributed by atoms with van der Waals surface area (Å²) >= 11 is 1.71. The van der Waals surface area contributed by atoms with E-state index in [1.807, 2.05) is 27.0 Å². The molecule has 1 amide bonds. The molecule has 24 heavy (non-hydrogen) atoms. The van der Waals surface area contributed by atoms with E-state index >= 15 is 0 Å². The van der Waals surface area contributed by atoms with Crippen LogP contribution < -0.4 is 5.32 Å². The van der Waals surface area contributed by atoms with Gasteiger partial charge in [-0.3, -0.25) is 9.69 Å². The van der Waals surface area contributed by atoms with Crippen molar-refractivity contribution in [2.45, 2.75) is 59.3 Å². The summed E-state index contributed by atoms with van der Waals surface area (Å²) in [6.07, 6.45) is 2.37. The van der Waals surface area contributed by atoms with Crippen LogP contribution in [0.2, 0.25) is 0 Å². The topological polar surface area (TPSA) is 63.1 Å². The highest BCUT2D eigenvalue weighted by Gasteiger charge is 2.27. The largest absolute Gasteiger partial charge is 0.354 e. The van der Waals surface area contributed by atoms with Gasteiger partial charge in [0.15, 0.2) is 0 Å². The number of nitrogens with one attached hydrogen (secondary N) is 1. The third-order valence-corrected chi connectivity index (χ3v) is 5.15. The van der Waals surface area contributed by atoms with Gasteiger partial charge < -0.3 is 9.88 Å². The van der Waals surface area contributed by atoms with Gasteiger partial charge in [0.2, 0.25) is 5.91 Å². The maximum absolute atomic E-state index is 11.9. The molecule has 1 aliphatic rings. The Morgan fingerprint density at radius 3 is 2.88 bits per heavy atom. The van der Waals surface area contributed by atoms with Crippen LogP contribution in [0.25, 0.3) is 0 Å². The van der Waals surface area contributed by atoms with Gasteiger partial charge in [0.05, 0.1) is 24.7 Å². The summed E-state index contributed by atoms with van der Waals surface area (Å²) in [5, 5.41) is 6.16. The number of rotatable bonds is 5. The number of aryl methyl sites for hydroxylation is 1. The number of nitrogens with zero attached hydrogens (tertiary/aromatic N) is 4. The molecule has 2 aromatic rings. The molecule has 1 N–H and O–H groups in total. The van der Waals surface area contributed by atoms with Crippen LogP contribution in [0.1, 0.15) is 49.0 Å². The average Bonchev–Trinajstić information content (AvgIpc) is 3.07. The van der Waals surface area contributed by atoms with E-state index < -0.39 is 0 Å². The molecule has 6 nitrogen and oxygen atoms in total. The van der Waals surface area contributed by atoms with E-state index in [-0.39, 0.29) is 18.0 Å². The second-order valence-corrected chi connectivity index (χ2v) is 7.65. The van der Waals surface area contributed by atoms with Gasteiger partial charge >= 0.3 is 0 Å². The van der Waals surface area contributed by atoms with E-state index in [4.69, 9.17) is 4.98 Å². The van der Waals surface area contributed by atoms with Gasteiger partial charge in [0, 0.05) is 36.4 Å². The average molecular weight is 347 g/mol. The Balaban J connectivity index is 1.68. The standard InChI is InChI=1S/C17H25N5OS/c1-11(2)18-15(23)7-14-8-22-6-5-21(13(4)17(22)20-14)9-16-19-12(3)10-24-16/h8,10-11,13H,5-7,9H2,1-4H3,(H,18,23)/t13-/m0/s1. The fourth-order valence-electron chi connectivity index (χ4n) is 3.08. The second-order valence-electron chi connectivity index (χ2n) is 6.71. The number of amides is 1. The van der Waals surface area contributed by atoms with E-state index in [0.717, 1.165) is 41.9 Å². The van der Waals surface area contributed by atoms with E-state index in [1.54, 1.807) is 11.3 Å². The first kappa shape index (κ1) is 17.1. The van der Waals surface area contributed by atoms with E-state index in [2.05, 4.69) is 32.1 Å². The number of hydrogen-bond donors (Lipinski definition) is 1. The molecule has 3 rings (SSSR count). The van der Waals surface area contributed by atoms with Gasteiger partial charge in [-0.2, -0.15) is 0 Å². The Labute approximate surface area is 146 Å². The van der Waals surface area contributed by atoms with Crippen LogP contribution in [0.4, 0.5) is 0 Å². The minimum absolute atomic E-state index is 0.0308. The first-order chi connectivity index (χ1) is 11.4. The zero-order chi connectivity index (χ0) is 17.3. The molecule has 0 fully saturated rings. The van der Waals surface area contributed by atoms with Crippen molar-refractivity contribution in [2.24, 2.45) is 0 Å². The summed E-state index contributed by atoms with van der Waals surface area (Å²) in [7, 11) is 0. The monoisotopic (exact) mass is 347 g/mol. The Morgan fingerprint density at radius 1 is 1.42 bits per heavy atom. The van der Waals surface area contributed by atoms with Crippen LogP contribution in [-0.2, 0) is 24.3 Å². The predicted molar refractivity (Wildman–Crippen MR) is 94.9 cm³/mol. The fourth-order valence-corrected chi connectivity index (χ4v) is 3.88. The molecule has 0 saturated heterocycles. The van der Waals surface area contributed by atoms with Crippen LogP contribution >= 0.6 is 11.3 Å². The number of carbonyl (C=O) groups excluding carboxylic acids is 1. The Hall–Kier alpha value is -1.73. The van der Waals surface area contributed by atoms with Crippen LogP contribution in [-0.4, -0.2) is 37.9 Å². The zero-order valence-electron chi connectivity index (χ0n) is 14.7. The summed E-state index contributed by atoms with van der Waals surface area (Å²) in [6, 6.07) is 0.385. The summed E-state index contributed by atoms with van der Waals surface area (Å²) in [5.74, 6) is 1.07. The van der Waals surface area contributed by atoms with Crippen molar-refractivity contribution >= 4 is 17.2 Å². The van der Waals surface area contributed by atoms with E-state index in [9.17, 15) is 4.79 Å². The maximum Gasteiger partial charge on any atom is 0.226 e. The number of hydrogen-bond acceptors (Lipinski definition) is 5. The summed E-state index contributed by atoms with van der Waals surface area (Å²) in [5.41, 5.74) is 1.93. The zero-order valence-corrected chi connectivity index (χ0v) is 15.6. The van der Waals surface area contributed by atoms with Crippen LogP contribution in [0.3, 0.4) is 0 Å². The van der Waals surface area contributed by atoms with Crippen LogP contribution in [0.5, 0.6) is 0 Å². The first-order valence-corrected chi connectivity index (χ1v) is 9.30. The van der Waals surface area contributed by atoms with Crippen molar-refractivity contribution in [3.8, 4) is 0 Å². The second kappa shape index (κ2) is 7.03. The normalized spacial score (nSPS) is 18.0. The Morgan fingerprint density at radius 2 is 2.21 bits per heavy atom. The molecule has 7 heteroatoms. The lowest BCUT2D eigenvalue weighted by molar-refractivity contribution is -0.120. The van der Waals surface area contributed by atoms with E-state index in [0.29, 0.717) is 6.42 Å². The third-order valence-electron chi connectivity index (χ3n) is 4.20. The lowest BCUT2D eigenvalue weighted by atomic mass is 10.2. The quantitative estimate of drug-likeness (QED) is 0.901.